The maximum atomic E-state index is 6.49. The standard InChI is InChI=1S/C58H60N4O/c1-4-18-39(19-5-1)55-56(40-20-6-2-7-21-40)59-58(60-57(55)41-32-34-46(35-33-41)63-45-22-8-3-9-23-45)42-36-43(61-51-28-14-10-24-47(51)48-25-11-15-29-52(48)61)38-44(37-42)62-53-30-16-12-26-49(53)50-27-13-17-31-54(50)62/h1-2,4-8,10-11,14,16,18,20-25,28,30,34,37,39,41-43,58-59H,3,9,12-13,15,17,19,26-27,29,31-33,35-36,38H2. The Hall–Kier alpha value is -5.81. The van der Waals surface area contributed by atoms with Crippen LogP contribution in [0.25, 0.3) is 34.4 Å². The Balaban J connectivity index is 1.01. The molecule has 0 amide bonds. The van der Waals surface area contributed by atoms with Gasteiger partial charge in [0.1, 0.15) is 17.7 Å². The monoisotopic (exact) mass is 828 g/mol. The van der Waals surface area contributed by atoms with Gasteiger partial charge < -0.3 is 19.2 Å². The Bertz CT molecular complexity index is 2770. The van der Waals surface area contributed by atoms with Crippen LogP contribution < -0.4 is 5.32 Å². The molecule has 8 aliphatic rings. The highest BCUT2D eigenvalue weighted by Crippen LogP contribution is 2.47. The van der Waals surface area contributed by atoms with Crippen LogP contribution in [-0.2, 0) is 30.4 Å². The molecule has 12 rings (SSSR count). The molecule has 1 N–H and O–H groups in total. The summed E-state index contributed by atoms with van der Waals surface area (Å²) in [6.07, 6.45) is 48.0. The van der Waals surface area contributed by atoms with Crippen LogP contribution in [0.3, 0.4) is 0 Å². The Morgan fingerprint density at radius 1 is 0.730 bits per heavy atom. The van der Waals surface area contributed by atoms with Crippen molar-refractivity contribution in [3.05, 3.63) is 178 Å². The van der Waals surface area contributed by atoms with Gasteiger partial charge in [0.25, 0.3) is 0 Å². The van der Waals surface area contributed by atoms with Crippen molar-refractivity contribution in [1.82, 2.24) is 14.5 Å². The summed E-state index contributed by atoms with van der Waals surface area (Å²) in [7, 11) is 0. The van der Waals surface area contributed by atoms with Crippen LogP contribution in [0.15, 0.2) is 144 Å². The van der Waals surface area contributed by atoms with Gasteiger partial charge in [-0.2, -0.15) is 0 Å². The van der Waals surface area contributed by atoms with E-state index < -0.39 is 0 Å². The van der Waals surface area contributed by atoms with Gasteiger partial charge in [-0.1, -0.05) is 103 Å². The zero-order valence-corrected chi connectivity index (χ0v) is 36.7. The number of hydrogen-bond donors (Lipinski definition) is 1. The number of benzene rings is 2. The molecule has 63 heavy (non-hydrogen) atoms. The van der Waals surface area contributed by atoms with Gasteiger partial charge in [-0.15, -0.1) is 0 Å². The van der Waals surface area contributed by atoms with Gasteiger partial charge in [0.15, 0.2) is 0 Å². The van der Waals surface area contributed by atoms with Gasteiger partial charge in [-0.3, -0.25) is 4.99 Å². The van der Waals surface area contributed by atoms with Crippen molar-refractivity contribution >= 4 is 40.2 Å². The van der Waals surface area contributed by atoms with E-state index in [1.54, 1.807) is 16.8 Å². The van der Waals surface area contributed by atoms with Gasteiger partial charge in [-0.05, 0) is 137 Å². The van der Waals surface area contributed by atoms with Crippen LogP contribution in [0.2, 0.25) is 0 Å². The first-order valence-corrected chi connectivity index (χ1v) is 24.4. The fraction of sp³-hybridized carbons (Fsp3) is 0.362. The predicted molar refractivity (Wildman–Crippen MR) is 261 cm³/mol. The summed E-state index contributed by atoms with van der Waals surface area (Å²) in [5.41, 5.74) is 17.3. The summed E-state index contributed by atoms with van der Waals surface area (Å²) in [4.78, 5) is 6.07. The minimum atomic E-state index is -0.102. The summed E-state index contributed by atoms with van der Waals surface area (Å²) in [5, 5.41) is 5.66. The summed E-state index contributed by atoms with van der Waals surface area (Å²) < 4.78 is 12.1. The van der Waals surface area contributed by atoms with Gasteiger partial charge in [0, 0.05) is 92.9 Å². The predicted octanol–water partition coefficient (Wildman–Crippen LogP) is 13.6. The fourth-order valence-electron chi connectivity index (χ4n) is 12.4. The number of nitrogens with zero attached hydrogens (tertiary/aromatic N) is 3. The molecule has 0 saturated heterocycles. The summed E-state index contributed by atoms with van der Waals surface area (Å²) in [5.74, 6) is 2.86. The molecule has 5 unspecified atom stereocenters. The quantitative estimate of drug-likeness (QED) is 0.192. The molecule has 0 bridgehead atoms. The summed E-state index contributed by atoms with van der Waals surface area (Å²) in [6.45, 7) is 0. The molecule has 318 valence electrons. The number of rotatable bonds is 8. The van der Waals surface area contributed by atoms with Crippen LogP contribution in [0.1, 0.15) is 122 Å². The highest BCUT2D eigenvalue weighted by atomic mass is 16.5. The molecule has 2 aromatic carbocycles. The second-order valence-electron chi connectivity index (χ2n) is 19.1. The highest BCUT2D eigenvalue weighted by Gasteiger charge is 2.40. The third-order valence-electron chi connectivity index (χ3n) is 15.3. The second-order valence-corrected chi connectivity index (χ2v) is 19.1. The first-order chi connectivity index (χ1) is 31.2. The van der Waals surface area contributed by atoms with E-state index in [4.69, 9.17) is 9.73 Å². The smallest absolute Gasteiger partial charge is 0.125 e. The van der Waals surface area contributed by atoms with Crippen molar-refractivity contribution in [3.63, 3.8) is 0 Å². The number of allylic oxidation sites excluding steroid dienone is 13. The minimum absolute atomic E-state index is 0.102. The van der Waals surface area contributed by atoms with Crippen molar-refractivity contribution in [2.45, 2.75) is 115 Å². The van der Waals surface area contributed by atoms with E-state index in [-0.39, 0.29) is 18.0 Å². The lowest BCUT2D eigenvalue weighted by Gasteiger charge is -2.40. The van der Waals surface area contributed by atoms with Crippen LogP contribution >= 0.6 is 0 Å². The van der Waals surface area contributed by atoms with Crippen LogP contribution in [0.5, 0.6) is 0 Å². The van der Waals surface area contributed by atoms with Crippen molar-refractivity contribution < 1.29 is 4.74 Å². The second kappa shape index (κ2) is 16.7. The van der Waals surface area contributed by atoms with E-state index in [0.717, 1.165) is 88.6 Å². The Labute approximate surface area is 373 Å². The third kappa shape index (κ3) is 7.12. The van der Waals surface area contributed by atoms with Gasteiger partial charge >= 0.3 is 0 Å². The first-order valence-electron chi connectivity index (χ1n) is 24.4. The van der Waals surface area contributed by atoms with Gasteiger partial charge in [-0.25, -0.2) is 0 Å². The lowest BCUT2D eigenvalue weighted by molar-refractivity contribution is 0.283. The van der Waals surface area contributed by atoms with Crippen LogP contribution in [-0.4, -0.2) is 21.0 Å². The number of fused-ring (bicyclic) bond motifs is 6. The molecule has 5 nitrogen and oxygen atoms in total. The molecule has 0 radical (unpaired) electrons. The normalized spacial score (nSPS) is 26.3. The van der Waals surface area contributed by atoms with Crippen LogP contribution in [0.4, 0.5) is 0 Å². The largest absolute Gasteiger partial charge is 0.462 e. The van der Waals surface area contributed by atoms with Crippen molar-refractivity contribution in [2.24, 2.45) is 22.7 Å². The Morgan fingerprint density at radius 3 is 2.48 bits per heavy atom. The molecule has 7 aliphatic carbocycles. The molecular weight excluding hydrogens is 769 g/mol. The molecule has 1 aliphatic heterocycles. The molecule has 4 aromatic rings. The fourth-order valence-corrected chi connectivity index (χ4v) is 12.4. The van der Waals surface area contributed by atoms with E-state index in [1.165, 1.54) is 81.8 Å². The van der Waals surface area contributed by atoms with E-state index in [2.05, 4.69) is 148 Å². The number of para-hydroxylation sites is 1. The molecule has 0 saturated carbocycles. The van der Waals surface area contributed by atoms with Gasteiger partial charge in [0.05, 0.1) is 0 Å². The van der Waals surface area contributed by atoms with E-state index in [0.29, 0.717) is 12.0 Å². The molecule has 2 aromatic heterocycles. The van der Waals surface area contributed by atoms with Crippen LogP contribution in [0, 0.1) is 17.8 Å². The van der Waals surface area contributed by atoms with Gasteiger partial charge in [0.2, 0.25) is 0 Å². The minimum Gasteiger partial charge on any atom is -0.462 e. The topological polar surface area (TPSA) is 43.5 Å². The maximum absolute atomic E-state index is 6.49. The average molecular weight is 829 g/mol. The van der Waals surface area contributed by atoms with E-state index in [1.807, 2.05) is 0 Å². The molecule has 5 atom stereocenters. The third-order valence-corrected chi connectivity index (χ3v) is 15.3. The maximum Gasteiger partial charge on any atom is 0.125 e. The SMILES string of the molecule is C1=CCC(C2=C(c3ccccc3)NC(C3C=C(n4c5c(c6c4CCCC6)CCC=C5)CC(n4c5c(c6ccccc64)C=CCC5)C3)N=C2C2CC=C(OC3=CCCC=C3)CC2)C=C1. The van der Waals surface area contributed by atoms with E-state index >= 15 is 0 Å². The van der Waals surface area contributed by atoms with Crippen molar-refractivity contribution in [2.75, 3.05) is 0 Å². The number of nitrogens with one attached hydrogen (secondary N) is 1. The summed E-state index contributed by atoms with van der Waals surface area (Å²) >= 11 is 0. The zero-order chi connectivity index (χ0) is 41.7. The lowest BCUT2D eigenvalue weighted by atomic mass is 9.76. The van der Waals surface area contributed by atoms with Crippen molar-refractivity contribution in [3.8, 4) is 0 Å². The Morgan fingerprint density at radius 2 is 1.60 bits per heavy atom. The van der Waals surface area contributed by atoms with E-state index in [9.17, 15) is 0 Å². The van der Waals surface area contributed by atoms with Crippen molar-refractivity contribution in [1.29, 1.82) is 0 Å². The first kappa shape index (κ1) is 38.8. The molecule has 5 heteroatoms. The lowest BCUT2D eigenvalue weighted by Crippen LogP contribution is -2.43. The Kier molecular flexibility index (Phi) is 10.3. The number of hydrogen-bond acceptors (Lipinski definition) is 3. The highest BCUT2D eigenvalue weighted by molar-refractivity contribution is 6.09. The molecule has 3 heterocycles. The number of aliphatic imine (C=N–C) groups is 1. The molecule has 0 fully saturated rings. The number of ether oxygens (including phenoxy) is 1. The summed E-state index contributed by atoms with van der Waals surface area (Å²) in [6, 6.07) is 20.7. The number of aromatic nitrogens is 2. The molecular formula is C58H60N4O. The molecule has 0 spiro atoms. The zero-order valence-electron chi connectivity index (χ0n) is 36.7. The average Bonchev–Trinajstić information content (AvgIpc) is 3.88.